The third-order valence-electron chi connectivity index (χ3n) is 12.8. The van der Waals surface area contributed by atoms with Crippen LogP contribution in [0.4, 0.5) is 0 Å². The van der Waals surface area contributed by atoms with Crippen LogP contribution in [0, 0.1) is 0 Å². The predicted octanol–water partition coefficient (Wildman–Crippen LogP) is 10.4. The monoisotopic (exact) mass is 1240 g/mol. The number of aromatic hydroxyl groups is 24. The van der Waals surface area contributed by atoms with Gasteiger partial charge in [-0.15, -0.1) is 0 Å². The molecule has 0 saturated heterocycles. The van der Waals surface area contributed by atoms with Crippen molar-refractivity contribution in [1.82, 2.24) is 0 Å². The number of rotatable bonds is 15. The standard InChI is InChI=1S/C60H42O30/c61-19-1-20(62)3-26(2-19)85-59-42(10-24(66)11-43(59)88-56-39(79)16-34(74)49(52(56)82)46-28(68)4-21(63)5-29(46)69)87-55-37(77)14-27(15-38(55)78)86-60-44(89-57-40(80)17-35(75)50(53(57)83)47-30(70)6-22(64)7-31(47)71)12-25(67)13-45(60)90-58-41(81)18-36(76)51(54(58)84)48-32(72)8-23(65)9-33(48)73/h1-18,61-84H. The summed E-state index contributed by atoms with van der Waals surface area (Å²) in [5, 5.41) is 261. The van der Waals surface area contributed by atoms with Crippen molar-refractivity contribution in [3.63, 3.8) is 0 Å². The summed E-state index contributed by atoms with van der Waals surface area (Å²) in [6.45, 7) is 0. The van der Waals surface area contributed by atoms with Crippen LogP contribution < -0.4 is 28.4 Å². The maximum atomic E-state index is 11.7. The molecule has 0 aliphatic rings. The van der Waals surface area contributed by atoms with Crippen molar-refractivity contribution in [2.24, 2.45) is 0 Å². The summed E-state index contributed by atoms with van der Waals surface area (Å²) >= 11 is 0. The molecule has 90 heavy (non-hydrogen) atoms. The fourth-order valence-corrected chi connectivity index (χ4v) is 9.14. The molecular weight excluding hydrogens is 1200 g/mol. The highest BCUT2D eigenvalue weighted by molar-refractivity contribution is 5.91. The molecule has 0 saturated carbocycles. The van der Waals surface area contributed by atoms with Crippen molar-refractivity contribution in [2.45, 2.75) is 0 Å². The number of hydrogen-bond acceptors (Lipinski definition) is 30. The molecule has 10 aromatic carbocycles. The largest absolute Gasteiger partial charge is 0.508 e. The first kappa shape index (κ1) is 59.4. The summed E-state index contributed by atoms with van der Waals surface area (Å²) in [5.74, 6) is -33.4. The number of hydrogen-bond donors (Lipinski definition) is 24. The molecule has 30 heteroatoms. The molecule has 24 N–H and O–H groups in total. The van der Waals surface area contributed by atoms with Crippen LogP contribution in [-0.4, -0.2) is 123 Å². The van der Waals surface area contributed by atoms with Crippen LogP contribution in [0.5, 0.6) is 207 Å². The number of benzene rings is 10. The lowest BCUT2D eigenvalue weighted by molar-refractivity contribution is 0.330. The van der Waals surface area contributed by atoms with E-state index < -0.39 is 240 Å². The van der Waals surface area contributed by atoms with Gasteiger partial charge in [-0.3, -0.25) is 0 Å². The van der Waals surface area contributed by atoms with Crippen molar-refractivity contribution in [1.29, 1.82) is 0 Å². The molecule has 0 aromatic heterocycles. The lowest BCUT2D eigenvalue weighted by atomic mass is 10.00. The Labute approximate surface area is 499 Å². The van der Waals surface area contributed by atoms with Gasteiger partial charge in [0.1, 0.15) is 103 Å². The van der Waals surface area contributed by atoms with E-state index >= 15 is 0 Å². The van der Waals surface area contributed by atoms with Gasteiger partial charge in [-0.2, -0.15) is 0 Å². The first-order valence-electron chi connectivity index (χ1n) is 25.0. The Kier molecular flexibility index (Phi) is 14.7. The van der Waals surface area contributed by atoms with Crippen molar-refractivity contribution >= 4 is 0 Å². The molecule has 0 aliphatic carbocycles. The second kappa shape index (κ2) is 22.3. The van der Waals surface area contributed by atoms with Gasteiger partial charge in [0, 0.05) is 109 Å². The van der Waals surface area contributed by atoms with E-state index in [9.17, 15) is 123 Å². The summed E-state index contributed by atoms with van der Waals surface area (Å²) in [5.41, 5.74) is -4.70. The number of ether oxygens (including phenoxy) is 6. The van der Waals surface area contributed by atoms with E-state index in [1.54, 1.807) is 0 Å². The molecule has 0 unspecified atom stereocenters. The number of phenols is 24. The van der Waals surface area contributed by atoms with Gasteiger partial charge in [0.2, 0.25) is 34.5 Å². The van der Waals surface area contributed by atoms with Crippen LogP contribution in [0.3, 0.4) is 0 Å². The average molecular weight is 1240 g/mol. The molecule has 0 aliphatic heterocycles. The third kappa shape index (κ3) is 11.0. The minimum Gasteiger partial charge on any atom is -0.508 e. The van der Waals surface area contributed by atoms with Crippen molar-refractivity contribution < 1.29 is 151 Å². The summed E-state index contributed by atoms with van der Waals surface area (Å²) in [6.07, 6.45) is 0. The van der Waals surface area contributed by atoms with Crippen molar-refractivity contribution in [2.75, 3.05) is 0 Å². The average Bonchev–Trinajstić information content (AvgIpc) is 0.795. The Bertz CT molecular complexity index is 4360. The van der Waals surface area contributed by atoms with Gasteiger partial charge in [-0.1, -0.05) is 0 Å². The lowest BCUT2D eigenvalue weighted by Gasteiger charge is -2.21. The van der Waals surface area contributed by atoms with Gasteiger partial charge >= 0.3 is 0 Å². The van der Waals surface area contributed by atoms with Gasteiger partial charge in [-0.05, 0) is 0 Å². The summed E-state index contributed by atoms with van der Waals surface area (Å²) < 4.78 is 35.4. The quantitative estimate of drug-likeness (QED) is 0.0453. The SMILES string of the molecule is Oc1cc(O)cc(Oc2c(Oc3c(O)cc(Oc4c(Oc5c(O)cc(O)c(-c6c(O)cc(O)cc6O)c5O)cc(O)cc4Oc4c(O)cc(O)c(-c5c(O)cc(O)cc5O)c4O)cc3O)cc(O)cc2Oc2c(O)cc(O)c(-c3c(O)cc(O)cc3O)c2O)c1. The van der Waals surface area contributed by atoms with Crippen LogP contribution in [0.25, 0.3) is 33.4 Å². The topological polar surface area (TPSA) is 541 Å². The zero-order chi connectivity index (χ0) is 65.2. The highest BCUT2D eigenvalue weighted by atomic mass is 16.6. The van der Waals surface area contributed by atoms with Gasteiger partial charge in [0.05, 0.1) is 33.4 Å². The van der Waals surface area contributed by atoms with Crippen LogP contribution in [0.15, 0.2) is 109 Å². The van der Waals surface area contributed by atoms with Crippen molar-refractivity contribution in [3.05, 3.63) is 109 Å². The minimum absolute atomic E-state index is 0.447. The molecule has 10 rings (SSSR count). The molecule has 0 fully saturated rings. The first-order chi connectivity index (χ1) is 42.5. The summed E-state index contributed by atoms with van der Waals surface area (Å²) in [6, 6.07) is 12.8. The predicted molar refractivity (Wildman–Crippen MR) is 302 cm³/mol. The van der Waals surface area contributed by atoms with Gasteiger partial charge in [0.15, 0.2) is 69.0 Å². The molecule has 0 radical (unpaired) electrons. The Hall–Kier alpha value is -13.8. The fraction of sp³-hybridized carbons (Fsp3) is 0. The van der Waals surface area contributed by atoms with E-state index in [1.807, 2.05) is 0 Å². The Balaban J connectivity index is 1.11. The summed E-state index contributed by atoms with van der Waals surface area (Å²) in [7, 11) is 0. The van der Waals surface area contributed by atoms with Crippen LogP contribution in [0.1, 0.15) is 0 Å². The van der Waals surface area contributed by atoms with E-state index in [0.717, 1.165) is 42.5 Å². The van der Waals surface area contributed by atoms with Crippen molar-refractivity contribution in [3.8, 4) is 240 Å². The van der Waals surface area contributed by atoms with Gasteiger partial charge in [-0.25, -0.2) is 0 Å². The highest BCUT2D eigenvalue weighted by Gasteiger charge is 2.33. The van der Waals surface area contributed by atoms with E-state index in [4.69, 9.17) is 28.4 Å². The zero-order valence-electron chi connectivity index (χ0n) is 44.6. The fourth-order valence-electron chi connectivity index (χ4n) is 9.14. The summed E-state index contributed by atoms with van der Waals surface area (Å²) in [4.78, 5) is 0. The Morgan fingerprint density at radius 3 is 0.644 bits per heavy atom. The molecule has 0 spiro atoms. The second-order valence-corrected chi connectivity index (χ2v) is 19.1. The Morgan fingerprint density at radius 1 is 0.156 bits per heavy atom. The minimum atomic E-state index is -1.29. The molecule has 0 bridgehead atoms. The zero-order valence-corrected chi connectivity index (χ0v) is 44.6. The maximum absolute atomic E-state index is 11.7. The number of phenolic OH excluding ortho intramolecular Hbond substituents is 24. The molecular formula is C60H42O30. The van der Waals surface area contributed by atoms with E-state index in [0.29, 0.717) is 66.7 Å². The first-order valence-corrected chi connectivity index (χ1v) is 25.0. The van der Waals surface area contributed by atoms with Gasteiger partial charge < -0.3 is 151 Å². The second-order valence-electron chi connectivity index (χ2n) is 19.1. The maximum Gasteiger partial charge on any atom is 0.212 e. The molecule has 0 atom stereocenters. The molecule has 10 aromatic rings. The third-order valence-corrected chi connectivity index (χ3v) is 12.8. The molecule has 462 valence electrons. The molecule has 0 heterocycles. The molecule has 30 nitrogen and oxygen atoms in total. The van der Waals surface area contributed by atoms with E-state index in [1.165, 1.54) is 0 Å². The van der Waals surface area contributed by atoms with E-state index in [2.05, 4.69) is 0 Å². The van der Waals surface area contributed by atoms with Crippen LogP contribution in [0.2, 0.25) is 0 Å². The van der Waals surface area contributed by atoms with Crippen LogP contribution in [-0.2, 0) is 0 Å². The van der Waals surface area contributed by atoms with E-state index in [-0.39, 0.29) is 0 Å². The van der Waals surface area contributed by atoms with Crippen LogP contribution >= 0.6 is 0 Å². The highest BCUT2D eigenvalue weighted by Crippen LogP contribution is 2.62. The Morgan fingerprint density at radius 2 is 0.367 bits per heavy atom. The molecule has 0 amide bonds. The lowest BCUT2D eigenvalue weighted by Crippen LogP contribution is -1.98. The smallest absolute Gasteiger partial charge is 0.212 e. The van der Waals surface area contributed by atoms with Gasteiger partial charge in [0.25, 0.3) is 0 Å². The normalized spacial score (nSPS) is 11.1.